The van der Waals surface area contributed by atoms with Gasteiger partial charge in [-0.2, -0.15) is 10.2 Å². The predicted octanol–water partition coefficient (Wildman–Crippen LogP) is 1.27. The number of aryl methyl sites for hydroxylation is 3. The first-order chi connectivity index (χ1) is 15.6. The van der Waals surface area contributed by atoms with Crippen LogP contribution in [0.4, 0.5) is 5.95 Å². The molecule has 4 aromatic rings. The van der Waals surface area contributed by atoms with Crippen LogP contribution in [-0.4, -0.2) is 48.0 Å². The van der Waals surface area contributed by atoms with E-state index in [2.05, 4.69) is 40.9 Å². The minimum atomic E-state index is -0.245. The number of aromatic nitrogens is 7. The zero-order valence-electron chi connectivity index (χ0n) is 17.5. The Kier molecular flexibility index (Phi) is 6.54. The van der Waals surface area contributed by atoms with Crippen molar-refractivity contribution >= 4 is 22.9 Å². The highest BCUT2D eigenvalue weighted by atomic mass is 16.1. The Balaban J connectivity index is 1.22. The summed E-state index contributed by atoms with van der Waals surface area (Å²) in [5.74, 6) is 0.724. The van der Waals surface area contributed by atoms with Gasteiger partial charge in [0.25, 0.3) is 11.5 Å². The van der Waals surface area contributed by atoms with E-state index in [0.29, 0.717) is 35.4 Å². The van der Waals surface area contributed by atoms with Crippen LogP contribution in [0.25, 0.3) is 11.0 Å². The number of rotatable bonds is 10. The van der Waals surface area contributed by atoms with Crippen LogP contribution in [0, 0.1) is 0 Å². The van der Waals surface area contributed by atoms with Gasteiger partial charge in [-0.25, -0.2) is 0 Å². The van der Waals surface area contributed by atoms with Gasteiger partial charge in [-0.15, -0.1) is 10.2 Å². The highest BCUT2D eigenvalue weighted by Gasteiger charge is 2.11. The first-order valence-electron chi connectivity index (χ1n) is 10.6. The largest absolute Gasteiger partial charge is 0.369 e. The molecule has 0 spiro atoms. The molecule has 4 rings (SSSR count). The Morgan fingerprint density at radius 1 is 1.06 bits per heavy atom. The minimum Gasteiger partial charge on any atom is -0.369 e. The first kappa shape index (κ1) is 21.2. The van der Waals surface area contributed by atoms with E-state index in [4.69, 9.17) is 5.73 Å². The number of H-pyrrole nitrogens is 3. The van der Waals surface area contributed by atoms with Crippen molar-refractivity contribution in [3.63, 3.8) is 0 Å². The van der Waals surface area contributed by atoms with Crippen molar-refractivity contribution in [2.24, 2.45) is 0 Å². The molecule has 0 saturated carbocycles. The van der Waals surface area contributed by atoms with Gasteiger partial charge in [0.15, 0.2) is 5.82 Å². The van der Waals surface area contributed by atoms with E-state index in [1.165, 1.54) is 0 Å². The molecule has 0 saturated heterocycles. The fraction of sp³-hybridized carbons (Fsp3) is 0.333. The average Bonchev–Trinajstić information content (AvgIpc) is 3.45. The molecule has 0 unspecified atom stereocenters. The Morgan fingerprint density at radius 2 is 1.91 bits per heavy atom. The lowest BCUT2D eigenvalue weighted by Gasteiger charge is -2.06. The summed E-state index contributed by atoms with van der Waals surface area (Å²) in [5, 5.41) is 17.3. The molecule has 0 bridgehead atoms. The number of nitrogens with zero attached hydrogens (tertiary/aromatic N) is 4. The third-order valence-electron chi connectivity index (χ3n) is 5.29. The summed E-state index contributed by atoms with van der Waals surface area (Å²) in [6.45, 7) is 0.625. The molecule has 1 aromatic carbocycles. The average molecular weight is 435 g/mol. The Labute approximate surface area is 183 Å². The van der Waals surface area contributed by atoms with Crippen molar-refractivity contribution in [1.82, 2.24) is 40.9 Å². The zero-order chi connectivity index (χ0) is 22.3. The SMILES string of the molecule is Nc1nc2[nH]cc(CCc3ccc(C(=O)NCCCCCc4nn[nH]n4)cc3)c2c(=O)[nH]1. The molecule has 0 aliphatic rings. The quantitative estimate of drug-likeness (QED) is 0.233. The molecule has 11 nitrogen and oxygen atoms in total. The van der Waals surface area contributed by atoms with Gasteiger partial charge in [-0.3, -0.25) is 14.6 Å². The number of hydrogen-bond acceptors (Lipinski definition) is 7. The van der Waals surface area contributed by atoms with Crippen LogP contribution in [0.1, 0.15) is 46.6 Å². The highest BCUT2D eigenvalue weighted by Crippen LogP contribution is 2.16. The number of benzene rings is 1. The van der Waals surface area contributed by atoms with Crippen LogP contribution in [-0.2, 0) is 19.3 Å². The normalized spacial score (nSPS) is 11.1. The molecule has 166 valence electrons. The molecular weight excluding hydrogens is 410 g/mol. The van der Waals surface area contributed by atoms with E-state index in [1.807, 2.05) is 24.3 Å². The molecule has 0 fully saturated rings. The van der Waals surface area contributed by atoms with Crippen molar-refractivity contribution < 1.29 is 4.79 Å². The van der Waals surface area contributed by atoms with Crippen molar-refractivity contribution in [3.8, 4) is 0 Å². The molecule has 6 N–H and O–H groups in total. The summed E-state index contributed by atoms with van der Waals surface area (Å²) >= 11 is 0. The van der Waals surface area contributed by atoms with Crippen molar-refractivity contribution in [3.05, 3.63) is 63.3 Å². The number of aromatic amines is 3. The summed E-state index contributed by atoms with van der Waals surface area (Å²) in [6.07, 6.45) is 6.80. The summed E-state index contributed by atoms with van der Waals surface area (Å²) in [6, 6.07) is 7.53. The Bertz CT molecular complexity index is 1230. The topological polar surface area (TPSA) is 171 Å². The number of tetrazole rings is 1. The van der Waals surface area contributed by atoms with Crippen molar-refractivity contribution in [1.29, 1.82) is 0 Å². The van der Waals surface area contributed by atoms with E-state index < -0.39 is 0 Å². The second-order valence-electron chi connectivity index (χ2n) is 7.58. The minimum absolute atomic E-state index is 0.0819. The van der Waals surface area contributed by atoms with Gasteiger partial charge >= 0.3 is 0 Å². The molecule has 3 heterocycles. The fourth-order valence-corrected chi connectivity index (χ4v) is 3.60. The van der Waals surface area contributed by atoms with E-state index in [0.717, 1.165) is 43.2 Å². The number of hydrogen-bond donors (Lipinski definition) is 5. The number of amides is 1. The summed E-state index contributed by atoms with van der Waals surface area (Å²) < 4.78 is 0. The number of nitrogen functional groups attached to an aromatic ring is 1. The second-order valence-corrected chi connectivity index (χ2v) is 7.58. The van der Waals surface area contributed by atoms with Crippen LogP contribution < -0.4 is 16.6 Å². The molecule has 1 amide bonds. The van der Waals surface area contributed by atoms with Gasteiger partial charge in [-0.1, -0.05) is 23.8 Å². The van der Waals surface area contributed by atoms with E-state index in [-0.39, 0.29) is 17.4 Å². The molecule has 0 aliphatic heterocycles. The maximum Gasteiger partial charge on any atom is 0.262 e. The van der Waals surface area contributed by atoms with Crippen molar-refractivity contribution in [2.75, 3.05) is 12.3 Å². The number of fused-ring (bicyclic) bond motifs is 1. The lowest BCUT2D eigenvalue weighted by Crippen LogP contribution is -2.24. The van der Waals surface area contributed by atoms with Crippen LogP contribution in [0.2, 0.25) is 0 Å². The highest BCUT2D eigenvalue weighted by molar-refractivity contribution is 5.94. The number of carbonyl (C=O) groups excluding carboxylic acids is 1. The predicted molar refractivity (Wildman–Crippen MR) is 119 cm³/mol. The van der Waals surface area contributed by atoms with Gasteiger partial charge in [0.05, 0.1) is 5.39 Å². The molecular formula is C21H25N9O2. The fourth-order valence-electron chi connectivity index (χ4n) is 3.60. The van der Waals surface area contributed by atoms with Gasteiger partial charge in [0.2, 0.25) is 5.95 Å². The second kappa shape index (κ2) is 9.86. The number of unbranched alkanes of at least 4 members (excludes halogenated alkanes) is 2. The van der Waals surface area contributed by atoms with Crippen LogP contribution in [0.3, 0.4) is 0 Å². The third kappa shape index (κ3) is 5.17. The maximum absolute atomic E-state index is 12.3. The maximum atomic E-state index is 12.3. The lowest BCUT2D eigenvalue weighted by molar-refractivity contribution is 0.0953. The smallest absolute Gasteiger partial charge is 0.262 e. The van der Waals surface area contributed by atoms with Gasteiger partial charge in [0, 0.05) is 24.7 Å². The molecule has 0 aliphatic carbocycles. The standard InChI is InChI=1S/C21H25N9O2/c22-21-25-18-17(20(32)26-21)15(12-24-18)10-7-13-5-8-14(9-6-13)19(31)23-11-3-1-2-4-16-27-29-30-28-16/h5-6,8-9,12H,1-4,7,10-11H2,(H,23,31)(H,27,28,29,30)(H4,22,24,25,26,32). The van der Waals surface area contributed by atoms with Crippen LogP contribution in [0.5, 0.6) is 0 Å². The van der Waals surface area contributed by atoms with Gasteiger partial charge in [-0.05, 0) is 48.9 Å². The first-order valence-corrected chi connectivity index (χ1v) is 10.6. The monoisotopic (exact) mass is 435 g/mol. The Morgan fingerprint density at radius 3 is 2.69 bits per heavy atom. The molecule has 3 aromatic heterocycles. The molecule has 0 radical (unpaired) electrons. The summed E-state index contributed by atoms with van der Waals surface area (Å²) in [7, 11) is 0. The lowest BCUT2D eigenvalue weighted by atomic mass is 10.0. The number of carbonyl (C=O) groups is 1. The van der Waals surface area contributed by atoms with E-state index in [1.54, 1.807) is 6.20 Å². The Hall–Kier alpha value is -4.02. The molecule has 0 atom stereocenters. The van der Waals surface area contributed by atoms with Crippen LogP contribution >= 0.6 is 0 Å². The van der Waals surface area contributed by atoms with E-state index >= 15 is 0 Å². The van der Waals surface area contributed by atoms with Crippen molar-refractivity contribution in [2.45, 2.75) is 38.5 Å². The summed E-state index contributed by atoms with van der Waals surface area (Å²) in [5.41, 5.74) is 8.42. The third-order valence-corrected chi connectivity index (χ3v) is 5.29. The number of nitrogens with two attached hydrogens (primary N) is 1. The van der Waals surface area contributed by atoms with Gasteiger partial charge < -0.3 is 16.0 Å². The van der Waals surface area contributed by atoms with Crippen LogP contribution in [0.15, 0.2) is 35.3 Å². The molecule has 11 heteroatoms. The van der Waals surface area contributed by atoms with Gasteiger partial charge in [0.1, 0.15) is 5.65 Å². The number of nitrogens with one attached hydrogen (secondary N) is 4. The zero-order valence-corrected chi connectivity index (χ0v) is 17.5. The summed E-state index contributed by atoms with van der Waals surface area (Å²) in [4.78, 5) is 34.1. The molecule has 32 heavy (non-hydrogen) atoms. The van der Waals surface area contributed by atoms with E-state index in [9.17, 15) is 9.59 Å². The number of anilines is 1.